The quantitative estimate of drug-likeness (QED) is 0.295. The summed E-state index contributed by atoms with van der Waals surface area (Å²) in [5.41, 5.74) is 0.722. The van der Waals surface area contributed by atoms with E-state index in [0.717, 1.165) is 5.66 Å². The van der Waals surface area contributed by atoms with Gasteiger partial charge in [0.1, 0.15) is 6.67 Å². The molecule has 0 unspecified atom stereocenters. The van der Waals surface area contributed by atoms with Crippen LogP contribution in [-0.4, -0.2) is 29.9 Å². The lowest BCUT2D eigenvalue weighted by atomic mass is 10.4. The van der Waals surface area contributed by atoms with Crippen molar-refractivity contribution in [3.63, 3.8) is 0 Å². The molecule has 0 bridgehead atoms. The van der Waals surface area contributed by atoms with E-state index in [9.17, 15) is 0 Å². The van der Waals surface area contributed by atoms with E-state index in [4.69, 9.17) is 0 Å². The van der Waals surface area contributed by atoms with Gasteiger partial charge in [-0.3, -0.25) is 4.48 Å². The van der Waals surface area contributed by atoms with Crippen molar-refractivity contribution in [2.45, 2.75) is 5.66 Å². The molecule has 3 heterocycles. The highest BCUT2D eigenvalue weighted by molar-refractivity contribution is 5.12. The van der Waals surface area contributed by atoms with Gasteiger partial charge in [0.25, 0.3) is 5.66 Å². The summed E-state index contributed by atoms with van der Waals surface area (Å²) in [6.45, 7) is 4.18. The highest BCUT2D eigenvalue weighted by Gasteiger charge is 2.95. The lowest BCUT2D eigenvalue weighted by molar-refractivity contribution is -0.742. The molecule has 2 nitrogen and oxygen atoms in total. The molecule has 0 aromatic carbocycles. The molecule has 3 saturated heterocycles. The molecule has 0 aromatic heterocycles. The van der Waals surface area contributed by atoms with Crippen LogP contribution in [-0.2, 0) is 0 Å². The molecule has 0 radical (unpaired) electrons. The van der Waals surface area contributed by atoms with Crippen molar-refractivity contribution in [3.05, 3.63) is 0 Å². The Morgan fingerprint density at radius 2 is 2.17 bits per heavy atom. The number of nitrogens with one attached hydrogen (secondary N) is 1. The molecule has 2 heteroatoms. The third-order valence-corrected chi connectivity index (χ3v) is 2.54. The van der Waals surface area contributed by atoms with Crippen LogP contribution in [0, 0.1) is 0 Å². The summed E-state index contributed by atoms with van der Waals surface area (Å²) in [5.74, 6) is 0. The third kappa shape index (κ3) is 0.0584. The van der Waals surface area contributed by atoms with Gasteiger partial charge in [-0.2, -0.15) is 0 Å². The van der Waals surface area contributed by atoms with Crippen molar-refractivity contribution in [2.24, 2.45) is 0 Å². The molecule has 6 heavy (non-hydrogen) atoms. The van der Waals surface area contributed by atoms with Crippen molar-refractivity contribution in [1.29, 1.82) is 0 Å². The van der Waals surface area contributed by atoms with Crippen LogP contribution >= 0.6 is 0 Å². The Balaban J connectivity index is 2.32. The van der Waals surface area contributed by atoms with Gasteiger partial charge in [0.2, 0.25) is 0 Å². The van der Waals surface area contributed by atoms with Gasteiger partial charge in [-0.1, -0.05) is 0 Å². The fourth-order valence-electron chi connectivity index (χ4n) is 1.63. The van der Waals surface area contributed by atoms with Crippen LogP contribution < -0.4 is 5.32 Å². The Hall–Kier alpha value is -0.0800. The minimum Gasteiger partial charge on any atom is -0.271 e. The van der Waals surface area contributed by atoms with Gasteiger partial charge in [-0.25, -0.2) is 5.32 Å². The largest absolute Gasteiger partial charge is 0.271 e. The van der Waals surface area contributed by atoms with Gasteiger partial charge in [0.05, 0.1) is 0 Å². The molecule has 0 aromatic rings. The van der Waals surface area contributed by atoms with Gasteiger partial charge in [-0.15, -0.1) is 0 Å². The summed E-state index contributed by atoms with van der Waals surface area (Å²) in [7, 11) is 0. The number of hydrogen-bond acceptors (Lipinski definition) is 1. The zero-order valence-electron chi connectivity index (χ0n) is 3.57. The summed E-state index contributed by atoms with van der Waals surface area (Å²) in [5, 5.41) is 3.40. The normalized spacial score (nSPS) is 80.0. The fraction of sp³-hybridized carbons (Fsp3) is 1.00. The first-order valence-corrected chi connectivity index (χ1v) is 2.48. The molecule has 3 aliphatic rings. The van der Waals surface area contributed by atoms with E-state index < -0.39 is 0 Å². The van der Waals surface area contributed by atoms with Crippen LogP contribution in [0.3, 0.4) is 0 Å². The van der Waals surface area contributed by atoms with Crippen LogP contribution in [0.25, 0.3) is 0 Å². The summed E-state index contributed by atoms with van der Waals surface area (Å²) in [6, 6.07) is 0. The Kier molecular flexibility index (Phi) is 0.114. The Morgan fingerprint density at radius 1 is 1.50 bits per heavy atom. The van der Waals surface area contributed by atoms with Gasteiger partial charge in [0.15, 0.2) is 13.1 Å². The first-order valence-electron chi connectivity index (χ1n) is 2.48. The van der Waals surface area contributed by atoms with E-state index in [0.29, 0.717) is 0 Å². The molecular weight excluding hydrogens is 76.1 g/mol. The van der Waals surface area contributed by atoms with Crippen LogP contribution in [0.15, 0.2) is 0 Å². The fourth-order valence-corrected chi connectivity index (χ4v) is 1.63. The third-order valence-electron chi connectivity index (χ3n) is 2.54. The zero-order valence-corrected chi connectivity index (χ0v) is 3.57. The SMILES string of the molecule is C1NC23C[N+]12C3. The Morgan fingerprint density at radius 3 is 2.17 bits per heavy atom. The molecule has 0 saturated carbocycles. The van der Waals surface area contributed by atoms with E-state index in [-0.39, 0.29) is 0 Å². The average Bonchev–Trinajstić information content (AvgIpc) is 1.73. The summed E-state index contributed by atoms with van der Waals surface area (Å²) < 4.78 is 1.45. The van der Waals surface area contributed by atoms with E-state index in [1.165, 1.54) is 24.2 Å². The Bertz CT molecular complexity index is 98.5. The van der Waals surface area contributed by atoms with Gasteiger partial charge < -0.3 is 0 Å². The maximum absolute atomic E-state index is 3.40. The zero-order chi connectivity index (χ0) is 3.83. The average molecular weight is 83.1 g/mol. The predicted octanol–water partition coefficient (Wildman–Crippen LogP) is -0.913. The molecule has 3 aliphatic heterocycles. The van der Waals surface area contributed by atoms with Crippen molar-refractivity contribution in [3.8, 4) is 0 Å². The monoisotopic (exact) mass is 83.1 g/mol. The molecule has 0 amide bonds. The molecule has 3 fully saturated rings. The minimum absolute atomic E-state index is 0.722. The van der Waals surface area contributed by atoms with Crippen LogP contribution in [0.4, 0.5) is 0 Å². The second-order valence-corrected chi connectivity index (χ2v) is 2.83. The smallest absolute Gasteiger partial charge is 0.258 e. The lowest BCUT2D eigenvalue weighted by Crippen LogP contribution is -2.38. The van der Waals surface area contributed by atoms with Crippen molar-refractivity contribution in [1.82, 2.24) is 5.32 Å². The summed E-state index contributed by atoms with van der Waals surface area (Å²) in [6.07, 6.45) is 0. The Labute approximate surface area is 36.3 Å². The second-order valence-electron chi connectivity index (χ2n) is 2.83. The molecular formula is C4H7N2+. The number of nitrogens with zero attached hydrogens (tertiary/aromatic N) is 1. The highest BCUT2D eigenvalue weighted by Crippen LogP contribution is 2.63. The van der Waals surface area contributed by atoms with Crippen molar-refractivity contribution in [2.75, 3.05) is 19.8 Å². The first-order chi connectivity index (χ1) is 2.87. The van der Waals surface area contributed by atoms with E-state index in [1.807, 2.05) is 0 Å². The van der Waals surface area contributed by atoms with Crippen molar-refractivity contribution >= 4 is 0 Å². The molecule has 32 valence electrons. The minimum atomic E-state index is 0.722. The number of quaternary nitrogens is 1. The molecule has 3 rings (SSSR count). The van der Waals surface area contributed by atoms with Gasteiger partial charge >= 0.3 is 0 Å². The van der Waals surface area contributed by atoms with Gasteiger partial charge in [-0.05, 0) is 0 Å². The number of hydrogen-bond donors (Lipinski definition) is 1. The topological polar surface area (TPSA) is 12.0 Å². The standard InChI is InChI=1S/C4H7N2/c1-4-2-6(1,4)3-5-4/h5H,1-3H2/q+1. The molecule has 0 spiro atoms. The summed E-state index contributed by atoms with van der Waals surface area (Å²) in [4.78, 5) is 0. The van der Waals surface area contributed by atoms with E-state index in [1.54, 1.807) is 0 Å². The first kappa shape index (κ1) is 2.28. The summed E-state index contributed by atoms with van der Waals surface area (Å²) >= 11 is 0. The molecule has 0 atom stereocenters. The van der Waals surface area contributed by atoms with E-state index >= 15 is 0 Å². The van der Waals surface area contributed by atoms with Crippen LogP contribution in [0.2, 0.25) is 0 Å². The molecule has 0 aliphatic carbocycles. The van der Waals surface area contributed by atoms with Crippen LogP contribution in [0.1, 0.15) is 0 Å². The second kappa shape index (κ2) is 0.298. The highest BCUT2D eigenvalue weighted by atomic mass is 15.9. The van der Waals surface area contributed by atoms with E-state index in [2.05, 4.69) is 5.32 Å². The lowest BCUT2D eigenvalue weighted by Gasteiger charge is -2.05. The molecule has 1 N–H and O–H groups in total. The van der Waals surface area contributed by atoms with Crippen molar-refractivity contribution < 1.29 is 4.48 Å². The number of rotatable bonds is 0. The van der Waals surface area contributed by atoms with Crippen LogP contribution in [0.5, 0.6) is 0 Å². The van der Waals surface area contributed by atoms with Gasteiger partial charge in [0, 0.05) is 0 Å². The maximum Gasteiger partial charge on any atom is 0.258 e. The predicted molar refractivity (Wildman–Crippen MR) is 20.7 cm³/mol. The maximum atomic E-state index is 3.40.